The van der Waals surface area contributed by atoms with Crippen molar-refractivity contribution in [2.45, 2.75) is 12.5 Å². The number of likely N-dealkylation sites (tertiary alicyclic amines) is 1. The first-order valence-corrected chi connectivity index (χ1v) is 10.1. The van der Waals surface area contributed by atoms with Crippen molar-refractivity contribution in [3.8, 4) is 0 Å². The van der Waals surface area contributed by atoms with Crippen LogP contribution in [0, 0.1) is 0 Å². The van der Waals surface area contributed by atoms with Crippen LogP contribution in [-0.2, 0) is 0 Å². The number of fused-ring (bicyclic) bond motifs is 4. The molecule has 152 valence electrons. The minimum absolute atomic E-state index is 0.193. The van der Waals surface area contributed by atoms with Gasteiger partial charge in [-0.3, -0.25) is 18.9 Å². The molecule has 0 aliphatic carbocycles. The number of nitrogens with zero attached hydrogens (tertiary/aromatic N) is 3. The molecule has 1 atom stereocenters. The number of carbonyl (C=O) groups excluding carboxylic acids is 1. The summed E-state index contributed by atoms with van der Waals surface area (Å²) in [7, 11) is 0. The number of nitrogens with one attached hydrogen (secondary N) is 1. The number of pyridine rings is 1. The van der Waals surface area contributed by atoms with E-state index < -0.39 is 0 Å². The topological polar surface area (TPSA) is 86.9 Å². The summed E-state index contributed by atoms with van der Waals surface area (Å²) in [5.74, 6) is -0.265. The van der Waals surface area contributed by atoms with Crippen molar-refractivity contribution in [3.63, 3.8) is 0 Å². The van der Waals surface area contributed by atoms with E-state index in [0.29, 0.717) is 41.7 Å². The van der Waals surface area contributed by atoms with Crippen molar-refractivity contribution in [1.29, 1.82) is 0 Å². The largest absolute Gasteiger partial charge is 0.392 e. The second-order valence-electron chi connectivity index (χ2n) is 7.71. The SMILES string of the molecule is O=C(NCCN1CC[C@@H](O)C1)c1cccn2c(=O)c3ccc4ccccc4c3nc12. The summed E-state index contributed by atoms with van der Waals surface area (Å²) in [5.41, 5.74) is 1.12. The van der Waals surface area contributed by atoms with Crippen molar-refractivity contribution < 1.29 is 9.90 Å². The maximum absolute atomic E-state index is 13.1. The highest BCUT2D eigenvalue weighted by Gasteiger charge is 2.20. The Morgan fingerprint density at radius 3 is 2.83 bits per heavy atom. The van der Waals surface area contributed by atoms with E-state index in [1.807, 2.05) is 30.3 Å². The van der Waals surface area contributed by atoms with Gasteiger partial charge >= 0.3 is 0 Å². The van der Waals surface area contributed by atoms with Crippen LogP contribution < -0.4 is 10.9 Å². The number of carbonyl (C=O) groups is 1. The van der Waals surface area contributed by atoms with Gasteiger partial charge in [0.2, 0.25) is 0 Å². The van der Waals surface area contributed by atoms with Crippen LogP contribution in [0.25, 0.3) is 27.3 Å². The van der Waals surface area contributed by atoms with Gasteiger partial charge in [0, 0.05) is 37.8 Å². The Bertz CT molecular complexity index is 1330. The van der Waals surface area contributed by atoms with E-state index >= 15 is 0 Å². The number of aliphatic hydroxyl groups is 1. The Labute approximate surface area is 172 Å². The fourth-order valence-corrected chi connectivity index (χ4v) is 4.18. The third-order valence-electron chi connectivity index (χ3n) is 5.74. The average Bonchev–Trinajstić information content (AvgIpc) is 3.18. The van der Waals surface area contributed by atoms with Gasteiger partial charge in [-0.1, -0.05) is 30.3 Å². The van der Waals surface area contributed by atoms with E-state index in [2.05, 4.69) is 10.2 Å². The Hall–Kier alpha value is -3.29. The lowest BCUT2D eigenvalue weighted by atomic mass is 10.1. The Morgan fingerprint density at radius 1 is 1.13 bits per heavy atom. The summed E-state index contributed by atoms with van der Waals surface area (Å²) < 4.78 is 1.43. The van der Waals surface area contributed by atoms with Gasteiger partial charge in [0.05, 0.1) is 22.6 Å². The van der Waals surface area contributed by atoms with Gasteiger partial charge in [0.25, 0.3) is 11.5 Å². The lowest BCUT2D eigenvalue weighted by molar-refractivity contribution is 0.0950. The zero-order valence-corrected chi connectivity index (χ0v) is 16.4. The molecule has 1 aliphatic heterocycles. The van der Waals surface area contributed by atoms with Crippen LogP contribution in [0.3, 0.4) is 0 Å². The van der Waals surface area contributed by atoms with Crippen LogP contribution in [-0.4, -0.2) is 57.6 Å². The minimum atomic E-state index is -0.280. The molecular weight excluding hydrogens is 380 g/mol. The quantitative estimate of drug-likeness (QED) is 0.402. The summed E-state index contributed by atoms with van der Waals surface area (Å²) >= 11 is 0. The Kier molecular flexibility index (Phi) is 4.69. The van der Waals surface area contributed by atoms with Gasteiger partial charge in [0.1, 0.15) is 0 Å². The number of aromatic nitrogens is 2. The smallest absolute Gasteiger partial charge is 0.265 e. The van der Waals surface area contributed by atoms with Crippen LogP contribution in [0.15, 0.2) is 59.5 Å². The summed E-state index contributed by atoms with van der Waals surface area (Å²) in [6, 6.07) is 14.9. The van der Waals surface area contributed by atoms with Crippen molar-refractivity contribution in [2.24, 2.45) is 0 Å². The molecule has 0 spiro atoms. The molecule has 4 aromatic rings. The van der Waals surface area contributed by atoms with Gasteiger partial charge in [-0.25, -0.2) is 4.98 Å². The third-order valence-corrected chi connectivity index (χ3v) is 5.74. The van der Waals surface area contributed by atoms with Crippen molar-refractivity contribution >= 4 is 33.2 Å². The second kappa shape index (κ2) is 7.51. The van der Waals surface area contributed by atoms with Crippen LogP contribution in [0.5, 0.6) is 0 Å². The highest BCUT2D eigenvalue weighted by Crippen LogP contribution is 2.23. The zero-order chi connectivity index (χ0) is 20.7. The summed E-state index contributed by atoms with van der Waals surface area (Å²) in [4.78, 5) is 32.8. The van der Waals surface area contributed by atoms with E-state index in [-0.39, 0.29) is 17.6 Å². The molecule has 2 aromatic carbocycles. The maximum atomic E-state index is 13.1. The molecule has 0 radical (unpaired) electrons. The molecule has 1 aliphatic rings. The normalized spacial score (nSPS) is 17.2. The minimum Gasteiger partial charge on any atom is -0.392 e. The van der Waals surface area contributed by atoms with Crippen LogP contribution in [0.1, 0.15) is 16.8 Å². The summed E-state index contributed by atoms with van der Waals surface area (Å²) in [6.45, 7) is 2.61. The molecule has 1 fully saturated rings. The molecule has 2 aromatic heterocycles. The Balaban J connectivity index is 1.53. The highest BCUT2D eigenvalue weighted by atomic mass is 16.3. The summed E-state index contributed by atoms with van der Waals surface area (Å²) in [5, 5.41) is 14.9. The molecule has 5 rings (SSSR count). The second-order valence-corrected chi connectivity index (χ2v) is 7.71. The van der Waals surface area contributed by atoms with E-state index in [4.69, 9.17) is 4.98 Å². The zero-order valence-electron chi connectivity index (χ0n) is 16.4. The molecule has 0 saturated carbocycles. The van der Waals surface area contributed by atoms with Crippen molar-refractivity contribution in [3.05, 3.63) is 70.6 Å². The van der Waals surface area contributed by atoms with Crippen LogP contribution >= 0.6 is 0 Å². The Morgan fingerprint density at radius 2 is 2.00 bits per heavy atom. The molecule has 30 heavy (non-hydrogen) atoms. The van der Waals surface area contributed by atoms with Crippen LogP contribution in [0.4, 0.5) is 0 Å². The molecule has 1 saturated heterocycles. The first kappa shape index (κ1) is 18.7. The number of benzene rings is 2. The van der Waals surface area contributed by atoms with Crippen LogP contribution in [0.2, 0.25) is 0 Å². The van der Waals surface area contributed by atoms with Crippen molar-refractivity contribution in [1.82, 2.24) is 19.6 Å². The van der Waals surface area contributed by atoms with Gasteiger partial charge in [-0.15, -0.1) is 0 Å². The predicted molar refractivity (Wildman–Crippen MR) is 116 cm³/mol. The van der Waals surface area contributed by atoms with E-state index in [1.54, 1.807) is 24.4 Å². The monoisotopic (exact) mass is 402 g/mol. The molecule has 2 N–H and O–H groups in total. The van der Waals surface area contributed by atoms with Gasteiger partial charge in [0.15, 0.2) is 5.65 Å². The lowest BCUT2D eigenvalue weighted by Gasteiger charge is -2.15. The standard InChI is InChI=1S/C23H22N4O3/c28-16-9-12-26(14-16)13-10-24-22(29)19-6-3-11-27-21(19)25-20-17-5-2-1-4-15(17)7-8-18(20)23(27)30/h1-8,11,16,28H,9-10,12-14H2,(H,24,29)/t16-/m1/s1. The van der Waals surface area contributed by atoms with Gasteiger partial charge < -0.3 is 10.4 Å². The highest BCUT2D eigenvalue weighted by molar-refractivity contribution is 6.07. The maximum Gasteiger partial charge on any atom is 0.265 e. The van der Waals surface area contributed by atoms with E-state index in [0.717, 1.165) is 23.7 Å². The molecule has 0 unspecified atom stereocenters. The third kappa shape index (κ3) is 3.22. The van der Waals surface area contributed by atoms with Gasteiger partial charge in [-0.05, 0) is 30.0 Å². The number of aliphatic hydroxyl groups excluding tert-OH is 1. The molecule has 3 heterocycles. The molecule has 7 heteroatoms. The first-order valence-electron chi connectivity index (χ1n) is 10.1. The molecule has 1 amide bonds. The fraction of sp³-hybridized carbons (Fsp3) is 0.261. The van der Waals surface area contributed by atoms with E-state index in [9.17, 15) is 14.7 Å². The molecule has 7 nitrogen and oxygen atoms in total. The number of hydrogen-bond donors (Lipinski definition) is 2. The number of amides is 1. The van der Waals surface area contributed by atoms with Crippen molar-refractivity contribution in [2.75, 3.05) is 26.2 Å². The fourth-order valence-electron chi connectivity index (χ4n) is 4.18. The number of rotatable bonds is 4. The van der Waals surface area contributed by atoms with E-state index in [1.165, 1.54) is 4.40 Å². The average molecular weight is 402 g/mol. The van der Waals surface area contributed by atoms with Gasteiger partial charge in [-0.2, -0.15) is 0 Å². The number of hydrogen-bond acceptors (Lipinski definition) is 5. The first-order chi connectivity index (χ1) is 14.6. The molecular formula is C23H22N4O3. The summed E-state index contributed by atoms with van der Waals surface area (Å²) in [6.07, 6.45) is 2.13. The predicted octanol–water partition coefficient (Wildman–Crippen LogP) is 1.80. The molecule has 0 bridgehead atoms. The lowest BCUT2D eigenvalue weighted by Crippen LogP contribution is -2.34. The number of β-amino-alcohol motifs (C(OH)–C–C–N with tert-alkyl or cyclic N) is 1.